The summed E-state index contributed by atoms with van der Waals surface area (Å²) < 4.78 is 0. The van der Waals surface area contributed by atoms with E-state index in [1.807, 2.05) is 0 Å². The van der Waals surface area contributed by atoms with Crippen LogP contribution in [0.3, 0.4) is 0 Å². The summed E-state index contributed by atoms with van der Waals surface area (Å²) in [5, 5.41) is 13.9. The van der Waals surface area contributed by atoms with Gasteiger partial charge in [-0.05, 0) is 5.56 Å². The topological polar surface area (TPSA) is 64.0 Å². The molecule has 0 amide bonds. The number of nitrogens with zero attached hydrogens (tertiary/aromatic N) is 2. The monoisotopic (exact) mass is 236 g/mol. The smallest absolute Gasteiger partial charge is 0.450 e. The van der Waals surface area contributed by atoms with E-state index in [1.54, 1.807) is 0 Å². The molecule has 0 fully saturated rings. The fourth-order valence-electron chi connectivity index (χ4n) is 1.51. The van der Waals surface area contributed by atoms with Crippen molar-refractivity contribution in [3.05, 3.63) is 48.3 Å². The van der Waals surface area contributed by atoms with E-state index in [-0.39, 0.29) is 0 Å². The van der Waals surface area contributed by atoms with E-state index in [4.69, 9.17) is 15.0 Å². The highest BCUT2D eigenvalue weighted by molar-refractivity contribution is 5.53. The summed E-state index contributed by atoms with van der Waals surface area (Å²) in [6.07, 6.45) is 2.40. The Morgan fingerprint density at radius 3 is 2.29 bits per heavy atom. The van der Waals surface area contributed by atoms with E-state index in [9.17, 15) is 0 Å². The van der Waals surface area contributed by atoms with Crippen LogP contribution in [0.1, 0.15) is 5.56 Å². The van der Waals surface area contributed by atoms with Crippen LogP contribution in [0.25, 0.3) is 0 Å². The molecule has 0 spiro atoms. The van der Waals surface area contributed by atoms with Crippen LogP contribution in [0.2, 0.25) is 0 Å². The quantitative estimate of drug-likeness (QED) is 0.823. The minimum atomic E-state index is -1.83. The largest absolute Gasteiger partial charge is 0.503 e. The third kappa shape index (κ3) is 5.46. The maximum atomic E-state index is 8.56. The Balaban J connectivity index is 0.000000317. The fraction of sp³-hybridized carbons (Fsp3) is 0.250. The minimum absolute atomic E-state index is 0.995. The van der Waals surface area contributed by atoms with Gasteiger partial charge in [-0.3, -0.25) is 0 Å². The van der Waals surface area contributed by atoms with Gasteiger partial charge in [-0.15, -0.1) is 0 Å². The summed E-state index contributed by atoms with van der Waals surface area (Å²) in [6.45, 7) is 2.00. The first-order valence-corrected chi connectivity index (χ1v) is 5.16. The van der Waals surface area contributed by atoms with Gasteiger partial charge in [0.25, 0.3) is 0 Å². The van der Waals surface area contributed by atoms with Crippen LogP contribution in [-0.2, 0) is 6.54 Å². The van der Waals surface area contributed by atoms with Crippen LogP contribution in [-0.4, -0.2) is 39.9 Å². The van der Waals surface area contributed by atoms with Gasteiger partial charge in [0.2, 0.25) is 0 Å². The van der Waals surface area contributed by atoms with E-state index in [2.05, 4.69) is 59.6 Å². The fourth-order valence-corrected chi connectivity index (χ4v) is 1.51. The van der Waals surface area contributed by atoms with Crippen molar-refractivity contribution in [2.45, 2.75) is 6.54 Å². The van der Waals surface area contributed by atoms with Crippen molar-refractivity contribution in [2.75, 3.05) is 13.7 Å². The number of carbonyl (C=O) groups is 1. The van der Waals surface area contributed by atoms with Gasteiger partial charge < -0.3 is 20.0 Å². The lowest BCUT2D eigenvalue weighted by Crippen LogP contribution is -2.21. The molecule has 2 N–H and O–H groups in total. The molecule has 0 saturated heterocycles. The Morgan fingerprint density at radius 2 is 1.82 bits per heavy atom. The molecule has 1 aliphatic rings. The Morgan fingerprint density at radius 1 is 1.24 bits per heavy atom. The zero-order valence-electron chi connectivity index (χ0n) is 9.65. The van der Waals surface area contributed by atoms with Crippen molar-refractivity contribution >= 4 is 6.16 Å². The van der Waals surface area contributed by atoms with Gasteiger partial charge in [0.05, 0.1) is 6.67 Å². The third-order valence-electron chi connectivity index (χ3n) is 2.17. The molecule has 1 aliphatic heterocycles. The van der Waals surface area contributed by atoms with Crippen molar-refractivity contribution in [3.63, 3.8) is 0 Å². The molecule has 92 valence electrons. The van der Waals surface area contributed by atoms with E-state index < -0.39 is 6.16 Å². The molecule has 5 nitrogen and oxygen atoms in total. The van der Waals surface area contributed by atoms with Gasteiger partial charge in [0.15, 0.2) is 0 Å². The van der Waals surface area contributed by atoms with Gasteiger partial charge in [0, 0.05) is 26.0 Å². The lowest BCUT2D eigenvalue weighted by Gasteiger charge is -2.17. The molecular formula is C12H16N2O3. The zero-order chi connectivity index (χ0) is 12.7. The Labute approximate surface area is 100 Å². The molecule has 1 aromatic carbocycles. The molecule has 1 aromatic rings. The Kier molecular flexibility index (Phi) is 4.87. The normalized spacial score (nSPS) is 13.2. The van der Waals surface area contributed by atoms with Gasteiger partial charge in [-0.1, -0.05) is 30.3 Å². The van der Waals surface area contributed by atoms with E-state index >= 15 is 0 Å². The number of hydrogen-bond acceptors (Lipinski definition) is 3. The van der Waals surface area contributed by atoms with E-state index in [1.165, 1.54) is 5.56 Å². The molecule has 5 heteroatoms. The number of carboxylic acid groups (broad SMARTS) is 2. The molecule has 2 rings (SSSR count). The third-order valence-corrected chi connectivity index (χ3v) is 2.17. The lowest BCUT2D eigenvalue weighted by molar-refractivity contribution is 0.137. The van der Waals surface area contributed by atoms with Gasteiger partial charge in [-0.2, -0.15) is 0 Å². The predicted molar refractivity (Wildman–Crippen MR) is 64.4 cm³/mol. The van der Waals surface area contributed by atoms with Crippen molar-refractivity contribution in [3.8, 4) is 0 Å². The van der Waals surface area contributed by atoms with Crippen molar-refractivity contribution in [2.24, 2.45) is 0 Å². The first-order valence-electron chi connectivity index (χ1n) is 5.16. The first kappa shape index (κ1) is 12.9. The molecule has 0 bridgehead atoms. The summed E-state index contributed by atoms with van der Waals surface area (Å²) in [6, 6.07) is 10.5. The average molecular weight is 236 g/mol. The van der Waals surface area contributed by atoms with Crippen LogP contribution in [0, 0.1) is 0 Å². The number of benzene rings is 1. The minimum Gasteiger partial charge on any atom is -0.450 e. The summed E-state index contributed by atoms with van der Waals surface area (Å²) >= 11 is 0. The molecule has 0 unspecified atom stereocenters. The summed E-state index contributed by atoms with van der Waals surface area (Å²) in [7, 11) is 2.08. The van der Waals surface area contributed by atoms with Crippen LogP contribution >= 0.6 is 0 Å². The van der Waals surface area contributed by atoms with Crippen LogP contribution in [0.4, 0.5) is 4.79 Å². The first-order chi connectivity index (χ1) is 8.08. The molecular weight excluding hydrogens is 220 g/mol. The predicted octanol–water partition coefficient (Wildman–Crippen LogP) is 2.09. The number of hydrogen-bond donors (Lipinski definition) is 2. The molecule has 0 aromatic heterocycles. The molecule has 0 saturated carbocycles. The maximum Gasteiger partial charge on any atom is 0.503 e. The molecule has 0 aliphatic carbocycles. The van der Waals surface area contributed by atoms with E-state index in [0.717, 1.165) is 13.2 Å². The second kappa shape index (κ2) is 6.42. The Bertz CT molecular complexity index is 375. The highest BCUT2D eigenvalue weighted by Crippen LogP contribution is 2.09. The number of rotatable bonds is 2. The van der Waals surface area contributed by atoms with Gasteiger partial charge in [0.1, 0.15) is 0 Å². The standard InChI is InChI=1S/C11H14N2.CH2O3/c1-12-7-8-13(10-12)9-11-5-3-2-4-6-11;2-1(3)4/h2-8H,9-10H2,1H3;(H2,2,3,4). The highest BCUT2D eigenvalue weighted by atomic mass is 16.6. The Hall–Kier alpha value is -2.17. The van der Waals surface area contributed by atoms with Crippen molar-refractivity contribution < 1.29 is 15.0 Å². The van der Waals surface area contributed by atoms with Gasteiger partial charge in [-0.25, -0.2) is 4.79 Å². The van der Waals surface area contributed by atoms with Crippen LogP contribution < -0.4 is 0 Å². The second-order valence-electron chi connectivity index (χ2n) is 3.71. The summed E-state index contributed by atoms with van der Waals surface area (Å²) in [5.41, 5.74) is 1.36. The lowest BCUT2D eigenvalue weighted by atomic mass is 10.2. The summed E-state index contributed by atoms with van der Waals surface area (Å²) in [4.78, 5) is 13.0. The SMILES string of the molecule is CN1C=CN(Cc2ccccc2)C1.O=C(O)O. The highest BCUT2D eigenvalue weighted by Gasteiger charge is 2.07. The maximum absolute atomic E-state index is 8.56. The summed E-state index contributed by atoms with van der Waals surface area (Å²) in [5.74, 6) is 0. The zero-order valence-corrected chi connectivity index (χ0v) is 9.65. The van der Waals surface area contributed by atoms with Crippen LogP contribution in [0.5, 0.6) is 0 Å². The average Bonchev–Trinajstić information content (AvgIpc) is 2.65. The van der Waals surface area contributed by atoms with Crippen molar-refractivity contribution in [1.29, 1.82) is 0 Å². The van der Waals surface area contributed by atoms with Gasteiger partial charge >= 0.3 is 6.16 Å². The second-order valence-corrected chi connectivity index (χ2v) is 3.71. The van der Waals surface area contributed by atoms with E-state index in [0.29, 0.717) is 0 Å². The van der Waals surface area contributed by atoms with Crippen LogP contribution in [0.15, 0.2) is 42.7 Å². The molecule has 0 radical (unpaired) electrons. The van der Waals surface area contributed by atoms with Crippen molar-refractivity contribution in [1.82, 2.24) is 9.80 Å². The molecule has 17 heavy (non-hydrogen) atoms. The molecule has 0 atom stereocenters. The molecule has 1 heterocycles.